The fourth-order valence-corrected chi connectivity index (χ4v) is 1.86. The molecule has 0 aliphatic heterocycles. The zero-order chi connectivity index (χ0) is 14.7. The first-order valence-electron chi connectivity index (χ1n) is 6.38. The van der Waals surface area contributed by atoms with E-state index >= 15 is 0 Å². The van der Waals surface area contributed by atoms with E-state index in [1.54, 1.807) is 13.1 Å². The largest absolute Gasteiger partial charge is 0.373 e. The predicted octanol–water partition coefficient (Wildman–Crippen LogP) is -0.827. The van der Waals surface area contributed by atoms with Gasteiger partial charge in [0, 0.05) is 19.0 Å². The molecule has 20 heavy (non-hydrogen) atoms. The van der Waals surface area contributed by atoms with Crippen molar-refractivity contribution in [2.45, 2.75) is 18.8 Å². The summed E-state index contributed by atoms with van der Waals surface area (Å²) < 4.78 is 0. The van der Waals surface area contributed by atoms with E-state index < -0.39 is 11.8 Å². The number of nitrogens with two attached hydrogens (primary N) is 2. The van der Waals surface area contributed by atoms with E-state index in [9.17, 15) is 9.59 Å². The summed E-state index contributed by atoms with van der Waals surface area (Å²) in [5.41, 5.74) is 10.4. The van der Waals surface area contributed by atoms with E-state index in [1.165, 1.54) is 4.90 Å². The van der Waals surface area contributed by atoms with E-state index in [0.29, 0.717) is 23.4 Å². The number of nitrogens with one attached hydrogen (secondary N) is 1. The molecule has 0 atom stereocenters. The molecule has 5 N–H and O–H groups in total. The van der Waals surface area contributed by atoms with Crippen LogP contribution in [0.3, 0.4) is 0 Å². The van der Waals surface area contributed by atoms with Crippen LogP contribution in [-0.4, -0.2) is 41.9 Å². The van der Waals surface area contributed by atoms with Crippen molar-refractivity contribution >= 4 is 23.5 Å². The van der Waals surface area contributed by atoms with E-state index in [4.69, 9.17) is 11.5 Å². The van der Waals surface area contributed by atoms with Crippen molar-refractivity contribution in [3.8, 4) is 0 Å². The van der Waals surface area contributed by atoms with Crippen LogP contribution in [0.25, 0.3) is 0 Å². The summed E-state index contributed by atoms with van der Waals surface area (Å²) in [5.74, 6) is 1.07. The van der Waals surface area contributed by atoms with Gasteiger partial charge in [-0.3, -0.25) is 9.59 Å². The summed E-state index contributed by atoms with van der Waals surface area (Å²) in [6.07, 6.45) is 2.11. The number of nitrogens with zero attached hydrogens (tertiary/aromatic N) is 3. The van der Waals surface area contributed by atoms with Gasteiger partial charge < -0.3 is 21.7 Å². The van der Waals surface area contributed by atoms with Crippen molar-refractivity contribution in [1.29, 1.82) is 0 Å². The zero-order valence-electron chi connectivity index (χ0n) is 11.3. The van der Waals surface area contributed by atoms with Gasteiger partial charge in [-0.15, -0.1) is 0 Å². The van der Waals surface area contributed by atoms with Crippen LogP contribution < -0.4 is 21.7 Å². The average molecular weight is 278 g/mol. The lowest BCUT2D eigenvalue weighted by Gasteiger charge is -2.21. The molecule has 0 unspecified atom stereocenters. The Balaban J connectivity index is 2.32. The molecule has 0 radical (unpaired) electrons. The number of primary amides is 2. The molecule has 0 aromatic carbocycles. The topological polar surface area (TPSA) is 127 Å². The number of rotatable bonds is 7. The zero-order valence-corrected chi connectivity index (χ0v) is 11.3. The number of hydrogen-bond donors (Lipinski definition) is 3. The summed E-state index contributed by atoms with van der Waals surface area (Å²) in [6, 6.07) is 1.66. The standard InChI is InChI=1S/C12H18N6O2/c1-15-10-4-11(17-12(16-10)7-2-3-7)18(5-8(13)19)6-9(14)20/h4,7H,2-3,5-6H2,1H3,(H2,13,19)(H2,14,20)(H,15,16,17). The van der Waals surface area contributed by atoms with Gasteiger partial charge in [-0.1, -0.05) is 0 Å². The average Bonchev–Trinajstić information content (AvgIpc) is 3.20. The summed E-state index contributed by atoms with van der Waals surface area (Å²) in [4.78, 5) is 32.5. The molecule has 0 spiro atoms. The summed E-state index contributed by atoms with van der Waals surface area (Å²) in [6.45, 7) is -0.236. The first-order valence-corrected chi connectivity index (χ1v) is 6.38. The molecule has 108 valence electrons. The maximum atomic E-state index is 11.1. The van der Waals surface area contributed by atoms with Crippen LogP contribution >= 0.6 is 0 Å². The third-order valence-electron chi connectivity index (χ3n) is 2.95. The maximum absolute atomic E-state index is 11.1. The third-order valence-corrected chi connectivity index (χ3v) is 2.95. The molecule has 1 heterocycles. The van der Waals surface area contributed by atoms with Gasteiger partial charge in [0.05, 0.1) is 13.1 Å². The first kappa shape index (κ1) is 14.0. The molecule has 1 aliphatic carbocycles. The van der Waals surface area contributed by atoms with Crippen LogP contribution in [0.15, 0.2) is 6.07 Å². The summed E-state index contributed by atoms with van der Waals surface area (Å²) in [7, 11) is 1.75. The minimum absolute atomic E-state index is 0.118. The Labute approximate surface area is 116 Å². The van der Waals surface area contributed by atoms with Crippen LogP contribution in [0.4, 0.5) is 11.6 Å². The molecule has 1 aromatic heterocycles. The van der Waals surface area contributed by atoms with Gasteiger partial charge >= 0.3 is 0 Å². The van der Waals surface area contributed by atoms with E-state index in [-0.39, 0.29) is 13.1 Å². The van der Waals surface area contributed by atoms with E-state index in [1.807, 2.05) is 0 Å². The highest BCUT2D eigenvalue weighted by Crippen LogP contribution is 2.39. The van der Waals surface area contributed by atoms with Gasteiger partial charge in [-0.05, 0) is 12.8 Å². The molecule has 2 amide bonds. The number of carbonyl (C=O) groups excluding carboxylic acids is 2. The minimum Gasteiger partial charge on any atom is -0.373 e. The van der Waals surface area contributed by atoms with E-state index in [0.717, 1.165) is 12.8 Å². The van der Waals surface area contributed by atoms with Gasteiger partial charge in [0.25, 0.3) is 0 Å². The Bertz CT molecular complexity index is 513. The van der Waals surface area contributed by atoms with Gasteiger partial charge in [0.2, 0.25) is 11.8 Å². The van der Waals surface area contributed by atoms with Crippen molar-refractivity contribution < 1.29 is 9.59 Å². The summed E-state index contributed by atoms with van der Waals surface area (Å²) >= 11 is 0. The van der Waals surface area contributed by atoms with E-state index in [2.05, 4.69) is 15.3 Å². The normalized spacial score (nSPS) is 13.8. The summed E-state index contributed by atoms with van der Waals surface area (Å²) in [5, 5.41) is 2.94. The van der Waals surface area contributed by atoms with Gasteiger partial charge in [-0.2, -0.15) is 0 Å². The van der Waals surface area contributed by atoms with Gasteiger partial charge in [-0.25, -0.2) is 9.97 Å². The Morgan fingerprint density at radius 1 is 1.30 bits per heavy atom. The Morgan fingerprint density at radius 3 is 2.35 bits per heavy atom. The fraction of sp³-hybridized carbons (Fsp3) is 0.500. The number of aromatic nitrogens is 2. The van der Waals surface area contributed by atoms with Crippen molar-refractivity contribution in [1.82, 2.24) is 9.97 Å². The van der Waals surface area contributed by atoms with Crippen LogP contribution in [0.2, 0.25) is 0 Å². The molecule has 1 aromatic rings. The lowest BCUT2D eigenvalue weighted by atomic mass is 10.3. The van der Waals surface area contributed by atoms with Crippen molar-refractivity contribution in [3.05, 3.63) is 11.9 Å². The molecule has 1 saturated carbocycles. The minimum atomic E-state index is -0.552. The first-order chi connectivity index (χ1) is 9.49. The van der Waals surface area contributed by atoms with Crippen molar-refractivity contribution in [3.63, 3.8) is 0 Å². The molecule has 0 saturated heterocycles. The van der Waals surface area contributed by atoms with Crippen molar-refractivity contribution in [2.75, 3.05) is 30.4 Å². The predicted molar refractivity (Wildman–Crippen MR) is 74.2 cm³/mol. The lowest BCUT2D eigenvalue weighted by Crippen LogP contribution is -2.40. The van der Waals surface area contributed by atoms with Gasteiger partial charge in [0.15, 0.2) is 0 Å². The van der Waals surface area contributed by atoms with Crippen LogP contribution in [0, 0.1) is 0 Å². The second-order valence-corrected chi connectivity index (χ2v) is 4.78. The molecule has 2 rings (SSSR count). The number of carbonyl (C=O) groups is 2. The number of anilines is 2. The molecule has 1 aliphatic rings. The highest BCUT2D eigenvalue weighted by Gasteiger charge is 2.28. The second-order valence-electron chi connectivity index (χ2n) is 4.78. The third kappa shape index (κ3) is 3.56. The monoisotopic (exact) mass is 278 g/mol. The smallest absolute Gasteiger partial charge is 0.237 e. The van der Waals surface area contributed by atoms with Crippen LogP contribution in [0.1, 0.15) is 24.6 Å². The Kier molecular flexibility index (Phi) is 4.02. The molecule has 0 bridgehead atoms. The molecular weight excluding hydrogens is 260 g/mol. The number of hydrogen-bond acceptors (Lipinski definition) is 6. The number of amides is 2. The highest BCUT2D eigenvalue weighted by molar-refractivity contribution is 5.84. The molecule has 1 fully saturated rings. The molecule has 8 heteroatoms. The van der Waals surface area contributed by atoms with Crippen molar-refractivity contribution in [2.24, 2.45) is 11.5 Å². The fourth-order valence-electron chi connectivity index (χ4n) is 1.86. The lowest BCUT2D eigenvalue weighted by molar-refractivity contribution is -0.117. The van der Waals surface area contributed by atoms with Crippen LogP contribution in [0.5, 0.6) is 0 Å². The maximum Gasteiger partial charge on any atom is 0.237 e. The molecular formula is C12H18N6O2. The van der Waals surface area contributed by atoms with Crippen LogP contribution in [-0.2, 0) is 9.59 Å². The SMILES string of the molecule is CNc1cc(N(CC(N)=O)CC(N)=O)nc(C2CC2)n1. The molecule has 8 nitrogen and oxygen atoms in total. The second kappa shape index (κ2) is 5.72. The van der Waals surface area contributed by atoms with Gasteiger partial charge in [0.1, 0.15) is 17.5 Å². The Morgan fingerprint density at radius 2 is 1.90 bits per heavy atom. The highest BCUT2D eigenvalue weighted by atomic mass is 16.2. The quantitative estimate of drug-likeness (QED) is 0.597. The Hall–Kier alpha value is -2.38.